The van der Waals surface area contributed by atoms with Crippen molar-refractivity contribution in [3.05, 3.63) is 0 Å². The number of nitrogens with one attached hydrogen (secondary N) is 1. The first-order valence-corrected chi connectivity index (χ1v) is 7.12. The highest BCUT2D eigenvalue weighted by molar-refractivity contribution is 4.83. The van der Waals surface area contributed by atoms with Gasteiger partial charge in [0, 0.05) is 25.7 Å². The molecule has 0 radical (unpaired) electrons. The second-order valence-electron chi connectivity index (χ2n) is 6.12. The van der Waals surface area contributed by atoms with E-state index >= 15 is 0 Å². The number of rotatable bonds is 5. The number of nitrogens with zero attached hydrogens (tertiary/aromatic N) is 1. The van der Waals surface area contributed by atoms with E-state index in [0.717, 1.165) is 23.8 Å². The molecule has 2 aliphatic rings. The van der Waals surface area contributed by atoms with Gasteiger partial charge in [0.15, 0.2) is 0 Å². The van der Waals surface area contributed by atoms with Crippen LogP contribution in [0.5, 0.6) is 0 Å². The van der Waals surface area contributed by atoms with Crippen molar-refractivity contribution in [2.45, 2.75) is 46.1 Å². The monoisotopic (exact) mass is 224 g/mol. The van der Waals surface area contributed by atoms with E-state index in [2.05, 4.69) is 31.0 Å². The fourth-order valence-corrected chi connectivity index (χ4v) is 2.77. The second kappa shape index (κ2) is 5.50. The maximum Gasteiger partial charge on any atom is 0.0107 e. The van der Waals surface area contributed by atoms with E-state index in [1.807, 2.05) is 0 Å². The Morgan fingerprint density at radius 3 is 2.56 bits per heavy atom. The Hall–Kier alpha value is -0.0800. The Balaban J connectivity index is 1.59. The second-order valence-corrected chi connectivity index (χ2v) is 6.12. The molecule has 1 N–H and O–H groups in total. The molecule has 3 unspecified atom stereocenters. The Bertz CT molecular complexity index is 213. The molecule has 0 aromatic carbocycles. The molecule has 94 valence electrons. The van der Waals surface area contributed by atoms with Crippen LogP contribution in [0.3, 0.4) is 0 Å². The molecule has 0 amide bonds. The first kappa shape index (κ1) is 12.4. The predicted molar refractivity (Wildman–Crippen MR) is 69.6 cm³/mol. The van der Waals surface area contributed by atoms with E-state index < -0.39 is 0 Å². The van der Waals surface area contributed by atoms with Gasteiger partial charge in [0.2, 0.25) is 0 Å². The van der Waals surface area contributed by atoms with Crippen molar-refractivity contribution in [2.24, 2.45) is 17.8 Å². The minimum absolute atomic E-state index is 0.751. The van der Waals surface area contributed by atoms with Crippen molar-refractivity contribution in [2.75, 3.05) is 26.2 Å². The summed E-state index contributed by atoms with van der Waals surface area (Å²) in [6.07, 6.45) is 4.29. The zero-order valence-electron chi connectivity index (χ0n) is 11.2. The third kappa shape index (κ3) is 3.46. The summed E-state index contributed by atoms with van der Waals surface area (Å²) in [6, 6.07) is 0.751. The lowest BCUT2D eigenvalue weighted by Crippen LogP contribution is -2.43. The summed E-state index contributed by atoms with van der Waals surface area (Å²) in [7, 11) is 0. The van der Waals surface area contributed by atoms with E-state index in [9.17, 15) is 0 Å². The molecular weight excluding hydrogens is 196 g/mol. The fourth-order valence-electron chi connectivity index (χ4n) is 2.77. The van der Waals surface area contributed by atoms with Crippen molar-refractivity contribution in [3.8, 4) is 0 Å². The minimum atomic E-state index is 0.751. The van der Waals surface area contributed by atoms with Gasteiger partial charge in [0.05, 0.1) is 0 Å². The van der Waals surface area contributed by atoms with Crippen molar-refractivity contribution >= 4 is 0 Å². The van der Waals surface area contributed by atoms with Crippen molar-refractivity contribution < 1.29 is 0 Å². The minimum Gasteiger partial charge on any atom is -0.313 e. The summed E-state index contributed by atoms with van der Waals surface area (Å²) < 4.78 is 0. The topological polar surface area (TPSA) is 15.3 Å². The molecule has 1 aliphatic carbocycles. The van der Waals surface area contributed by atoms with E-state index in [0.29, 0.717) is 0 Å². The molecular formula is C14H28N2. The molecule has 16 heavy (non-hydrogen) atoms. The first-order chi connectivity index (χ1) is 7.66. The average molecular weight is 224 g/mol. The van der Waals surface area contributed by atoms with Crippen molar-refractivity contribution in [3.63, 3.8) is 0 Å². The van der Waals surface area contributed by atoms with Crippen LogP contribution in [-0.2, 0) is 0 Å². The lowest BCUT2D eigenvalue weighted by atomic mass is 9.89. The van der Waals surface area contributed by atoms with Crippen LogP contribution in [0, 0.1) is 17.8 Å². The van der Waals surface area contributed by atoms with Gasteiger partial charge in [-0.1, -0.05) is 13.8 Å². The lowest BCUT2D eigenvalue weighted by molar-refractivity contribution is 0.138. The molecule has 0 bridgehead atoms. The molecule has 2 heteroatoms. The van der Waals surface area contributed by atoms with Crippen molar-refractivity contribution in [1.82, 2.24) is 10.2 Å². The van der Waals surface area contributed by atoms with Crippen LogP contribution in [0.25, 0.3) is 0 Å². The summed E-state index contributed by atoms with van der Waals surface area (Å²) in [5, 5.41) is 3.68. The van der Waals surface area contributed by atoms with Crippen molar-refractivity contribution in [1.29, 1.82) is 0 Å². The summed E-state index contributed by atoms with van der Waals surface area (Å²) >= 11 is 0. The SMILES string of the molecule is CC1CCN(CCNC(C)C2CC2)CC1C. The highest BCUT2D eigenvalue weighted by Crippen LogP contribution is 2.32. The van der Waals surface area contributed by atoms with Gasteiger partial charge in [-0.25, -0.2) is 0 Å². The fraction of sp³-hybridized carbons (Fsp3) is 1.00. The Morgan fingerprint density at radius 2 is 1.94 bits per heavy atom. The normalized spacial score (nSPS) is 33.9. The summed E-state index contributed by atoms with van der Waals surface area (Å²) in [5.74, 6) is 2.80. The molecule has 1 saturated heterocycles. The van der Waals surface area contributed by atoms with Crippen LogP contribution in [0.4, 0.5) is 0 Å². The van der Waals surface area contributed by atoms with Crippen LogP contribution < -0.4 is 5.32 Å². The average Bonchev–Trinajstić information content (AvgIpc) is 3.07. The number of hydrogen-bond donors (Lipinski definition) is 1. The molecule has 1 aliphatic heterocycles. The molecule has 2 rings (SSSR count). The predicted octanol–water partition coefficient (Wildman–Crippen LogP) is 2.35. The van der Waals surface area contributed by atoms with Crippen LogP contribution in [0.15, 0.2) is 0 Å². The van der Waals surface area contributed by atoms with Gasteiger partial charge in [0.25, 0.3) is 0 Å². The van der Waals surface area contributed by atoms with Gasteiger partial charge >= 0.3 is 0 Å². The first-order valence-electron chi connectivity index (χ1n) is 7.12. The molecule has 0 spiro atoms. The van der Waals surface area contributed by atoms with Gasteiger partial charge in [-0.2, -0.15) is 0 Å². The van der Waals surface area contributed by atoms with Gasteiger partial charge in [0.1, 0.15) is 0 Å². The highest BCUT2D eigenvalue weighted by atomic mass is 15.1. The third-order valence-electron chi connectivity index (χ3n) is 4.64. The van der Waals surface area contributed by atoms with Gasteiger partial charge in [-0.15, -0.1) is 0 Å². The summed E-state index contributed by atoms with van der Waals surface area (Å²) in [4.78, 5) is 2.64. The zero-order valence-corrected chi connectivity index (χ0v) is 11.2. The Morgan fingerprint density at radius 1 is 1.19 bits per heavy atom. The summed E-state index contributed by atoms with van der Waals surface area (Å²) in [5.41, 5.74) is 0. The van der Waals surface area contributed by atoms with E-state index in [1.54, 1.807) is 0 Å². The van der Waals surface area contributed by atoms with Gasteiger partial charge in [-0.05, 0) is 50.5 Å². The van der Waals surface area contributed by atoms with Gasteiger partial charge in [-0.3, -0.25) is 0 Å². The number of piperidine rings is 1. The molecule has 3 atom stereocenters. The van der Waals surface area contributed by atoms with E-state index in [1.165, 1.54) is 45.4 Å². The lowest BCUT2D eigenvalue weighted by Gasteiger charge is -2.35. The molecule has 1 saturated carbocycles. The Labute approximate surface area is 101 Å². The molecule has 0 aromatic heterocycles. The standard InChI is InChI=1S/C14H28N2/c1-11-6-8-16(10-12(11)2)9-7-15-13(3)14-4-5-14/h11-15H,4-10H2,1-3H3. The molecule has 2 fully saturated rings. The van der Waals surface area contributed by atoms with E-state index in [4.69, 9.17) is 0 Å². The highest BCUT2D eigenvalue weighted by Gasteiger charge is 2.27. The van der Waals surface area contributed by atoms with Crippen LogP contribution in [-0.4, -0.2) is 37.1 Å². The third-order valence-corrected chi connectivity index (χ3v) is 4.64. The molecule has 1 heterocycles. The quantitative estimate of drug-likeness (QED) is 0.771. The number of hydrogen-bond acceptors (Lipinski definition) is 2. The Kier molecular flexibility index (Phi) is 4.26. The maximum atomic E-state index is 3.68. The molecule has 2 nitrogen and oxygen atoms in total. The van der Waals surface area contributed by atoms with Crippen LogP contribution in [0.2, 0.25) is 0 Å². The largest absolute Gasteiger partial charge is 0.313 e. The zero-order chi connectivity index (χ0) is 11.5. The van der Waals surface area contributed by atoms with E-state index in [-0.39, 0.29) is 0 Å². The summed E-state index contributed by atoms with van der Waals surface area (Å²) in [6.45, 7) is 12.2. The van der Waals surface area contributed by atoms with Crippen LogP contribution >= 0.6 is 0 Å². The van der Waals surface area contributed by atoms with Gasteiger partial charge < -0.3 is 10.2 Å². The number of likely N-dealkylation sites (tertiary alicyclic amines) is 1. The maximum absolute atomic E-state index is 3.68. The van der Waals surface area contributed by atoms with Crippen LogP contribution in [0.1, 0.15) is 40.0 Å². The smallest absolute Gasteiger partial charge is 0.0107 e. The molecule has 0 aromatic rings.